The Kier molecular flexibility index (Phi) is 5.80. The molecule has 0 fully saturated rings. The average molecular weight is 505 g/mol. The molecular weight excluding hydrogens is 485 g/mol. The number of fused-ring (bicyclic) bond motifs is 1. The van der Waals surface area contributed by atoms with Crippen LogP contribution in [0.5, 0.6) is 0 Å². The predicted octanol–water partition coefficient (Wildman–Crippen LogP) is 2.47. The number of thiazole rings is 1. The topological polar surface area (TPSA) is 120 Å². The van der Waals surface area contributed by atoms with Crippen LogP contribution >= 0.6 is 11.3 Å². The summed E-state index contributed by atoms with van der Waals surface area (Å²) in [5.74, 6) is -0.169. The summed E-state index contributed by atoms with van der Waals surface area (Å²) in [4.78, 5) is 27.7. The van der Waals surface area contributed by atoms with Crippen LogP contribution in [0.25, 0.3) is 16.6 Å². The standard InChI is InChI=1S/C20H19F3N10OS/c1-11-7-12(2)33(30-11)14-8-13(26-17(27-14)18-24-3-6-35-18)25-16(34)10-31-4-5-32-15(9-31)28-29-19(32)20(21,22)23/h3,6-8H,4-5,9-10H2,1-2H3,(H,25,26,27,34). The molecule has 0 saturated heterocycles. The van der Waals surface area contributed by atoms with Gasteiger partial charge in [-0.3, -0.25) is 9.69 Å². The van der Waals surface area contributed by atoms with Crippen molar-refractivity contribution < 1.29 is 18.0 Å². The summed E-state index contributed by atoms with van der Waals surface area (Å²) in [6.07, 6.45) is -2.94. The minimum Gasteiger partial charge on any atom is -0.309 e. The number of aryl methyl sites for hydroxylation is 2. The number of hydrogen-bond donors (Lipinski definition) is 1. The molecule has 5 rings (SSSR count). The molecule has 5 heterocycles. The number of carbonyl (C=O) groups excluding carboxylic acids is 1. The number of nitrogens with zero attached hydrogens (tertiary/aromatic N) is 9. The van der Waals surface area contributed by atoms with Gasteiger partial charge in [0.2, 0.25) is 11.7 Å². The molecule has 0 aromatic carbocycles. The molecule has 1 amide bonds. The number of carbonyl (C=O) groups is 1. The highest BCUT2D eigenvalue weighted by molar-refractivity contribution is 7.13. The van der Waals surface area contributed by atoms with Gasteiger partial charge in [0.05, 0.1) is 18.8 Å². The van der Waals surface area contributed by atoms with E-state index in [0.717, 1.165) is 16.0 Å². The average Bonchev–Trinajstić information content (AvgIpc) is 3.52. The highest BCUT2D eigenvalue weighted by Crippen LogP contribution is 2.29. The van der Waals surface area contributed by atoms with E-state index in [2.05, 4.69) is 35.6 Å². The molecule has 182 valence electrons. The minimum atomic E-state index is -4.57. The van der Waals surface area contributed by atoms with Gasteiger partial charge in [0.25, 0.3) is 0 Å². The molecule has 0 saturated carbocycles. The lowest BCUT2D eigenvalue weighted by Crippen LogP contribution is -2.40. The van der Waals surface area contributed by atoms with E-state index in [1.165, 1.54) is 11.3 Å². The molecular formula is C20H19F3N10OS. The van der Waals surface area contributed by atoms with Gasteiger partial charge >= 0.3 is 6.18 Å². The Labute approximate surface area is 200 Å². The molecule has 0 radical (unpaired) electrons. The van der Waals surface area contributed by atoms with Crippen molar-refractivity contribution in [3.05, 3.63) is 46.7 Å². The second-order valence-corrected chi connectivity index (χ2v) is 8.85. The normalized spacial score (nSPS) is 14.2. The Morgan fingerprint density at radius 1 is 1.17 bits per heavy atom. The largest absolute Gasteiger partial charge is 0.451 e. The SMILES string of the molecule is Cc1cc(C)n(-c2cc(NC(=O)CN3CCn4c(nnc4C(F)(F)F)C3)nc(-c3nccs3)n2)n1. The van der Waals surface area contributed by atoms with Crippen LogP contribution in [0.3, 0.4) is 0 Å². The van der Waals surface area contributed by atoms with Crippen LogP contribution in [0.4, 0.5) is 19.0 Å². The Morgan fingerprint density at radius 2 is 2.00 bits per heavy atom. The number of nitrogens with one attached hydrogen (secondary N) is 1. The van der Waals surface area contributed by atoms with E-state index in [0.29, 0.717) is 16.6 Å². The summed E-state index contributed by atoms with van der Waals surface area (Å²) in [6, 6.07) is 3.51. The van der Waals surface area contributed by atoms with Gasteiger partial charge < -0.3 is 9.88 Å². The van der Waals surface area contributed by atoms with Crippen LogP contribution in [-0.2, 0) is 24.1 Å². The van der Waals surface area contributed by atoms with Gasteiger partial charge in [-0.05, 0) is 19.9 Å². The smallest absolute Gasteiger partial charge is 0.309 e. The van der Waals surface area contributed by atoms with Crippen LogP contribution in [-0.4, -0.2) is 63.4 Å². The first kappa shape index (κ1) is 23.0. The van der Waals surface area contributed by atoms with Crippen molar-refractivity contribution in [2.45, 2.75) is 33.1 Å². The lowest BCUT2D eigenvalue weighted by Gasteiger charge is -2.27. The first-order chi connectivity index (χ1) is 16.7. The van der Waals surface area contributed by atoms with Crippen molar-refractivity contribution in [3.8, 4) is 16.6 Å². The van der Waals surface area contributed by atoms with Gasteiger partial charge in [-0.25, -0.2) is 19.6 Å². The predicted molar refractivity (Wildman–Crippen MR) is 119 cm³/mol. The van der Waals surface area contributed by atoms with E-state index in [9.17, 15) is 18.0 Å². The highest BCUT2D eigenvalue weighted by Gasteiger charge is 2.39. The Bertz CT molecular complexity index is 1380. The van der Waals surface area contributed by atoms with Crippen LogP contribution in [0.15, 0.2) is 23.7 Å². The van der Waals surface area contributed by atoms with Gasteiger partial charge in [0.1, 0.15) is 11.6 Å². The number of anilines is 1. The molecule has 0 bridgehead atoms. The van der Waals surface area contributed by atoms with Gasteiger partial charge in [-0.15, -0.1) is 21.5 Å². The van der Waals surface area contributed by atoms with Crippen molar-refractivity contribution in [2.75, 3.05) is 18.4 Å². The second-order valence-electron chi connectivity index (χ2n) is 7.96. The van der Waals surface area contributed by atoms with Crippen LogP contribution in [0.2, 0.25) is 0 Å². The zero-order valence-corrected chi connectivity index (χ0v) is 19.4. The van der Waals surface area contributed by atoms with E-state index in [1.807, 2.05) is 19.9 Å². The molecule has 4 aromatic heterocycles. The van der Waals surface area contributed by atoms with Crippen LogP contribution in [0.1, 0.15) is 23.0 Å². The zero-order chi connectivity index (χ0) is 24.7. The maximum atomic E-state index is 13.1. The molecule has 1 aliphatic heterocycles. The molecule has 1 aliphatic rings. The second kappa shape index (κ2) is 8.81. The number of alkyl halides is 3. The highest BCUT2D eigenvalue weighted by atomic mass is 32.1. The van der Waals surface area contributed by atoms with Crippen molar-refractivity contribution in [3.63, 3.8) is 0 Å². The van der Waals surface area contributed by atoms with E-state index in [-0.39, 0.29) is 43.7 Å². The minimum absolute atomic E-state index is 0.0359. The molecule has 0 spiro atoms. The first-order valence-corrected chi connectivity index (χ1v) is 11.4. The molecule has 1 N–H and O–H groups in total. The summed E-state index contributed by atoms with van der Waals surface area (Å²) < 4.78 is 41.8. The van der Waals surface area contributed by atoms with Gasteiger partial charge in [0.15, 0.2) is 16.6 Å². The summed E-state index contributed by atoms with van der Waals surface area (Å²) in [6.45, 7) is 4.05. The van der Waals surface area contributed by atoms with E-state index >= 15 is 0 Å². The van der Waals surface area contributed by atoms with Gasteiger partial charge in [0, 0.05) is 36.4 Å². The molecule has 11 nitrogen and oxygen atoms in total. The summed E-state index contributed by atoms with van der Waals surface area (Å²) in [7, 11) is 0. The third-order valence-electron chi connectivity index (χ3n) is 5.28. The lowest BCUT2D eigenvalue weighted by molar-refractivity contribution is -0.148. The van der Waals surface area contributed by atoms with Crippen LogP contribution < -0.4 is 5.32 Å². The number of hydrogen-bond acceptors (Lipinski definition) is 9. The summed E-state index contributed by atoms with van der Waals surface area (Å²) >= 11 is 1.36. The van der Waals surface area contributed by atoms with Crippen molar-refractivity contribution in [1.29, 1.82) is 0 Å². The van der Waals surface area contributed by atoms with E-state index in [4.69, 9.17) is 0 Å². The van der Waals surface area contributed by atoms with Crippen molar-refractivity contribution in [2.24, 2.45) is 0 Å². The number of halogens is 3. The summed E-state index contributed by atoms with van der Waals surface area (Å²) in [5, 5.41) is 16.5. The number of amides is 1. The molecule has 4 aromatic rings. The quantitative estimate of drug-likeness (QED) is 0.440. The Hall–Kier alpha value is -3.72. The fourth-order valence-corrected chi connectivity index (χ4v) is 4.40. The number of aromatic nitrogens is 8. The third-order valence-corrected chi connectivity index (χ3v) is 6.05. The van der Waals surface area contributed by atoms with Crippen molar-refractivity contribution >= 4 is 23.1 Å². The van der Waals surface area contributed by atoms with Gasteiger partial charge in [-0.2, -0.15) is 18.3 Å². The van der Waals surface area contributed by atoms with Gasteiger partial charge in [-0.1, -0.05) is 0 Å². The Morgan fingerprint density at radius 3 is 2.69 bits per heavy atom. The maximum absolute atomic E-state index is 13.1. The molecule has 15 heteroatoms. The number of rotatable bonds is 5. The molecule has 0 aliphatic carbocycles. The zero-order valence-electron chi connectivity index (χ0n) is 18.6. The summed E-state index contributed by atoms with van der Waals surface area (Å²) in [5.41, 5.74) is 1.67. The van der Waals surface area contributed by atoms with E-state index < -0.39 is 12.0 Å². The van der Waals surface area contributed by atoms with Crippen molar-refractivity contribution in [1.82, 2.24) is 44.4 Å². The maximum Gasteiger partial charge on any atom is 0.451 e. The fourth-order valence-electron chi connectivity index (χ4n) is 3.84. The fraction of sp³-hybridized carbons (Fsp3) is 0.350. The lowest BCUT2D eigenvalue weighted by atomic mass is 10.3. The first-order valence-electron chi connectivity index (χ1n) is 10.5. The third kappa shape index (κ3) is 4.77. The van der Waals surface area contributed by atoms with Crippen LogP contribution in [0, 0.1) is 13.8 Å². The molecule has 35 heavy (non-hydrogen) atoms. The Balaban J connectivity index is 1.35. The molecule has 0 atom stereocenters. The van der Waals surface area contributed by atoms with E-state index in [1.54, 1.807) is 27.2 Å². The monoisotopic (exact) mass is 504 g/mol. The molecule has 0 unspecified atom stereocenters.